The summed E-state index contributed by atoms with van der Waals surface area (Å²) in [4.78, 5) is 42.2. The molecule has 1 aromatic heterocycles. The maximum absolute atomic E-state index is 13.7. The molecule has 0 radical (unpaired) electrons. The van der Waals surface area contributed by atoms with E-state index in [1.807, 2.05) is 0 Å². The molecular formula is C25H23N3O7S. The summed E-state index contributed by atoms with van der Waals surface area (Å²) in [5.41, 5.74) is 1.37. The molecule has 0 saturated heterocycles. The molecule has 0 amide bonds. The van der Waals surface area contributed by atoms with Crippen molar-refractivity contribution < 1.29 is 23.9 Å². The van der Waals surface area contributed by atoms with Gasteiger partial charge in [0.2, 0.25) is 0 Å². The lowest BCUT2D eigenvalue weighted by molar-refractivity contribution is -0.384. The number of rotatable bonds is 7. The number of allylic oxidation sites excluding steroid dienone is 1. The maximum Gasteiger partial charge on any atom is 0.338 e. The predicted octanol–water partition coefficient (Wildman–Crippen LogP) is 2.72. The van der Waals surface area contributed by atoms with E-state index in [4.69, 9.17) is 14.2 Å². The largest absolute Gasteiger partial charge is 0.493 e. The molecule has 36 heavy (non-hydrogen) atoms. The number of thiazole rings is 1. The first kappa shape index (κ1) is 24.9. The summed E-state index contributed by atoms with van der Waals surface area (Å²) >= 11 is 1.16. The molecule has 1 atom stereocenters. The van der Waals surface area contributed by atoms with Crippen LogP contribution in [0.25, 0.3) is 6.08 Å². The van der Waals surface area contributed by atoms with Crippen molar-refractivity contribution in [1.29, 1.82) is 0 Å². The van der Waals surface area contributed by atoms with Gasteiger partial charge >= 0.3 is 5.97 Å². The molecule has 0 bridgehead atoms. The number of non-ortho nitro benzene ring substituents is 1. The lowest BCUT2D eigenvalue weighted by Gasteiger charge is -2.26. The highest BCUT2D eigenvalue weighted by atomic mass is 32.1. The van der Waals surface area contributed by atoms with Crippen LogP contribution in [-0.2, 0) is 9.53 Å². The maximum atomic E-state index is 13.7. The van der Waals surface area contributed by atoms with E-state index in [1.165, 1.54) is 30.9 Å². The van der Waals surface area contributed by atoms with Crippen LogP contribution in [0.15, 0.2) is 63.5 Å². The first-order chi connectivity index (χ1) is 17.3. The summed E-state index contributed by atoms with van der Waals surface area (Å²) in [5, 5.41) is 11.0. The Morgan fingerprint density at radius 2 is 1.92 bits per heavy atom. The second kappa shape index (κ2) is 10.2. The van der Waals surface area contributed by atoms with Crippen LogP contribution in [0.4, 0.5) is 5.69 Å². The van der Waals surface area contributed by atoms with Crippen LogP contribution in [0.5, 0.6) is 11.5 Å². The number of nitrogens with zero attached hydrogens (tertiary/aromatic N) is 3. The van der Waals surface area contributed by atoms with Gasteiger partial charge in [-0.25, -0.2) is 9.79 Å². The molecule has 10 nitrogen and oxygen atoms in total. The fourth-order valence-corrected chi connectivity index (χ4v) is 5.10. The second-order valence-corrected chi connectivity index (χ2v) is 8.74. The van der Waals surface area contributed by atoms with Crippen LogP contribution >= 0.6 is 11.3 Å². The van der Waals surface area contributed by atoms with Crippen molar-refractivity contribution in [3.63, 3.8) is 0 Å². The molecule has 0 fully saturated rings. The van der Waals surface area contributed by atoms with Gasteiger partial charge in [0.25, 0.3) is 11.2 Å². The fourth-order valence-electron chi connectivity index (χ4n) is 4.06. The zero-order valence-electron chi connectivity index (χ0n) is 20.0. The molecule has 186 valence electrons. The highest BCUT2D eigenvalue weighted by Crippen LogP contribution is 2.40. The van der Waals surface area contributed by atoms with Gasteiger partial charge in [-0.1, -0.05) is 23.5 Å². The number of aromatic nitrogens is 1. The van der Waals surface area contributed by atoms with Gasteiger partial charge in [-0.15, -0.1) is 0 Å². The average Bonchev–Trinajstić information content (AvgIpc) is 3.17. The summed E-state index contributed by atoms with van der Waals surface area (Å²) in [6, 6.07) is 10.2. The highest BCUT2D eigenvalue weighted by Gasteiger charge is 2.35. The molecular weight excluding hydrogens is 486 g/mol. The lowest BCUT2D eigenvalue weighted by Crippen LogP contribution is -2.40. The van der Waals surface area contributed by atoms with Crippen molar-refractivity contribution in [2.45, 2.75) is 19.9 Å². The van der Waals surface area contributed by atoms with Gasteiger partial charge in [-0.3, -0.25) is 19.5 Å². The third-order valence-electron chi connectivity index (χ3n) is 5.65. The van der Waals surface area contributed by atoms with Crippen LogP contribution in [-0.4, -0.2) is 36.3 Å². The molecule has 1 aliphatic rings. The topological polar surface area (TPSA) is 122 Å². The SMILES string of the molecule is CCOC(=O)C1=C(C)N=c2s/c(=C\c3ccc([N+](=O)[O-])cc3)c(=O)n2[C@@H]1c1cccc(OC)c1OC. The van der Waals surface area contributed by atoms with E-state index in [1.54, 1.807) is 50.3 Å². The number of ether oxygens (including phenoxy) is 3. The number of benzene rings is 2. The number of para-hydroxylation sites is 1. The first-order valence-electron chi connectivity index (χ1n) is 11.0. The minimum atomic E-state index is -0.871. The summed E-state index contributed by atoms with van der Waals surface area (Å²) in [7, 11) is 2.99. The monoisotopic (exact) mass is 509 g/mol. The third-order valence-corrected chi connectivity index (χ3v) is 6.63. The Hall–Kier alpha value is -4.25. The van der Waals surface area contributed by atoms with E-state index in [0.717, 1.165) is 11.3 Å². The van der Waals surface area contributed by atoms with Crippen LogP contribution in [0.3, 0.4) is 0 Å². The van der Waals surface area contributed by atoms with Gasteiger partial charge in [0.15, 0.2) is 16.3 Å². The number of fused-ring (bicyclic) bond motifs is 1. The van der Waals surface area contributed by atoms with Gasteiger partial charge in [0.1, 0.15) is 6.04 Å². The molecule has 3 aromatic rings. The lowest BCUT2D eigenvalue weighted by atomic mass is 9.94. The number of nitro groups is 1. The van der Waals surface area contributed by atoms with Gasteiger partial charge in [-0.05, 0) is 43.7 Å². The smallest absolute Gasteiger partial charge is 0.338 e. The third kappa shape index (κ3) is 4.40. The Kier molecular flexibility index (Phi) is 7.02. The van der Waals surface area contributed by atoms with Crippen molar-refractivity contribution in [3.05, 3.63) is 94.7 Å². The summed E-state index contributed by atoms with van der Waals surface area (Å²) in [6.45, 7) is 3.55. The molecule has 2 heterocycles. The normalized spacial score (nSPS) is 15.2. The Balaban J connectivity index is 1.97. The number of methoxy groups -OCH3 is 2. The van der Waals surface area contributed by atoms with Crippen molar-refractivity contribution >= 4 is 29.1 Å². The van der Waals surface area contributed by atoms with Crippen LogP contribution in [0.1, 0.15) is 31.0 Å². The number of carbonyl (C=O) groups is 1. The van der Waals surface area contributed by atoms with E-state index in [-0.39, 0.29) is 23.4 Å². The van der Waals surface area contributed by atoms with Gasteiger partial charge < -0.3 is 14.2 Å². The molecule has 1 aliphatic heterocycles. The molecule has 4 rings (SSSR count). The van der Waals surface area contributed by atoms with Gasteiger partial charge in [0.05, 0.1) is 41.6 Å². The number of esters is 1. The van der Waals surface area contributed by atoms with Gasteiger partial charge in [-0.2, -0.15) is 0 Å². The number of hydrogen-bond acceptors (Lipinski definition) is 9. The van der Waals surface area contributed by atoms with Crippen molar-refractivity contribution in [2.24, 2.45) is 4.99 Å². The molecule has 0 aliphatic carbocycles. The van der Waals surface area contributed by atoms with Crippen molar-refractivity contribution in [2.75, 3.05) is 20.8 Å². The van der Waals surface area contributed by atoms with Gasteiger partial charge in [0, 0.05) is 17.7 Å². The van der Waals surface area contributed by atoms with Crippen LogP contribution in [0.2, 0.25) is 0 Å². The van der Waals surface area contributed by atoms with E-state index >= 15 is 0 Å². The fraction of sp³-hybridized carbons (Fsp3) is 0.240. The zero-order valence-corrected chi connectivity index (χ0v) is 20.8. The summed E-state index contributed by atoms with van der Waals surface area (Å²) in [6.07, 6.45) is 1.64. The highest BCUT2D eigenvalue weighted by molar-refractivity contribution is 7.07. The molecule has 2 aromatic carbocycles. The molecule has 0 unspecified atom stereocenters. The minimum Gasteiger partial charge on any atom is -0.493 e. The quantitative estimate of drug-likeness (QED) is 0.273. The Morgan fingerprint density at radius 1 is 1.19 bits per heavy atom. The number of nitro benzene ring substituents is 1. The Bertz CT molecular complexity index is 1550. The van der Waals surface area contributed by atoms with E-state index < -0.39 is 16.9 Å². The average molecular weight is 510 g/mol. The minimum absolute atomic E-state index is 0.0477. The molecule has 0 N–H and O–H groups in total. The Morgan fingerprint density at radius 3 is 2.53 bits per heavy atom. The predicted molar refractivity (Wildman–Crippen MR) is 133 cm³/mol. The van der Waals surface area contributed by atoms with E-state index in [0.29, 0.717) is 37.7 Å². The number of hydrogen-bond donors (Lipinski definition) is 0. The van der Waals surface area contributed by atoms with E-state index in [2.05, 4.69) is 4.99 Å². The molecule has 11 heteroatoms. The van der Waals surface area contributed by atoms with Crippen molar-refractivity contribution in [1.82, 2.24) is 4.57 Å². The summed E-state index contributed by atoms with van der Waals surface area (Å²) < 4.78 is 18.2. The Labute approximate surface area is 209 Å². The summed E-state index contributed by atoms with van der Waals surface area (Å²) in [5.74, 6) is 0.241. The standard InChI is InChI=1S/C25H23N3O7S/c1-5-35-24(30)20-14(2)26-25-27(21(20)17-7-6-8-18(33-3)22(17)34-4)23(29)19(36-25)13-15-9-11-16(12-10-15)28(31)32/h6-13,21H,5H2,1-4H3/b19-13-/t21-/m1/s1. The van der Waals surface area contributed by atoms with Crippen molar-refractivity contribution in [3.8, 4) is 11.5 Å². The van der Waals surface area contributed by atoms with E-state index in [9.17, 15) is 19.7 Å². The second-order valence-electron chi connectivity index (χ2n) is 7.73. The zero-order chi connectivity index (χ0) is 26.0. The van der Waals surface area contributed by atoms with Crippen LogP contribution in [0, 0.1) is 10.1 Å². The molecule has 0 saturated carbocycles. The van der Waals surface area contributed by atoms with Crippen LogP contribution < -0.4 is 24.4 Å². The number of carbonyl (C=O) groups excluding carboxylic acids is 1. The molecule has 0 spiro atoms. The first-order valence-corrected chi connectivity index (χ1v) is 11.8.